The molecule has 126 valence electrons. The van der Waals surface area contributed by atoms with Gasteiger partial charge in [-0.2, -0.15) is 13.2 Å². The standard InChI is InChI=1S/C16H19F3N2O2/c1-2-5-14(22)20-9-15(23)21-13-8-11(13)10-6-3-4-7-12(10)16(17,18)19/h3-4,6-7,11,13H,2,5,8-9H2,1H3,(H,20,22)(H,21,23)/t11-,13+/m1/s1. The molecular weight excluding hydrogens is 309 g/mol. The number of carbonyl (C=O) groups is 2. The van der Waals surface area contributed by atoms with E-state index in [-0.39, 0.29) is 35.9 Å². The molecule has 1 fully saturated rings. The van der Waals surface area contributed by atoms with Gasteiger partial charge >= 0.3 is 6.18 Å². The van der Waals surface area contributed by atoms with Crippen LogP contribution in [0.3, 0.4) is 0 Å². The molecule has 0 heterocycles. The van der Waals surface area contributed by atoms with Crippen LogP contribution in [-0.4, -0.2) is 24.4 Å². The maximum atomic E-state index is 13.0. The highest BCUT2D eigenvalue weighted by Gasteiger charge is 2.44. The Bertz CT molecular complexity index is 587. The van der Waals surface area contributed by atoms with Gasteiger partial charge < -0.3 is 10.6 Å². The Morgan fingerprint density at radius 3 is 2.57 bits per heavy atom. The average molecular weight is 328 g/mol. The van der Waals surface area contributed by atoms with Crippen molar-refractivity contribution >= 4 is 11.8 Å². The first-order valence-corrected chi connectivity index (χ1v) is 7.55. The molecule has 1 aliphatic rings. The molecule has 7 heteroatoms. The minimum atomic E-state index is -4.40. The number of alkyl halides is 3. The van der Waals surface area contributed by atoms with E-state index < -0.39 is 11.7 Å². The molecule has 2 atom stereocenters. The lowest BCUT2D eigenvalue weighted by Crippen LogP contribution is -2.38. The first-order chi connectivity index (χ1) is 10.8. The van der Waals surface area contributed by atoms with Gasteiger partial charge in [-0.05, 0) is 24.5 Å². The van der Waals surface area contributed by atoms with Gasteiger partial charge in [0.05, 0.1) is 12.1 Å². The van der Waals surface area contributed by atoms with E-state index in [0.29, 0.717) is 19.3 Å². The molecule has 0 unspecified atom stereocenters. The highest BCUT2D eigenvalue weighted by atomic mass is 19.4. The Morgan fingerprint density at radius 1 is 1.22 bits per heavy atom. The SMILES string of the molecule is CCCC(=O)NCC(=O)N[C@H]1C[C@@H]1c1ccccc1C(F)(F)F. The Balaban J connectivity index is 1.89. The van der Waals surface area contributed by atoms with Crippen LogP contribution in [0.15, 0.2) is 24.3 Å². The van der Waals surface area contributed by atoms with E-state index in [2.05, 4.69) is 10.6 Å². The van der Waals surface area contributed by atoms with Gasteiger partial charge in [0.1, 0.15) is 0 Å². The summed E-state index contributed by atoms with van der Waals surface area (Å²) in [6, 6.07) is 5.10. The van der Waals surface area contributed by atoms with Gasteiger partial charge in [-0.3, -0.25) is 9.59 Å². The minimum absolute atomic E-state index is 0.150. The second-order valence-electron chi connectivity index (χ2n) is 5.63. The summed E-state index contributed by atoms with van der Waals surface area (Å²) in [5.41, 5.74) is -0.446. The van der Waals surface area contributed by atoms with Crippen LogP contribution >= 0.6 is 0 Å². The summed E-state index contributed by atoms with van der Waals surface area (Å²) in [4.78, 5) is 23.0. The molecule has 23 heavy (non-hydrogen) atoms. The number of rotatable bonds is 6. The summed E-state index contributed by atoms with van der Waals surface area (Å²) in [5, 5.41) is 5.13. The second-order valence-corrected chi connectivity index (χ2v) is 5.63. The van der Waals surface area contributed by atoms with Crippen molar-refractivity contribution in [3.05, 3.63) is 35.4 Å². The van der Waals surface area contributed by atoms with Gasteiger partial charge in [0.2, 0.25) is 11.8 Å². The van der Waals surface area contributed by atoms with Gasteiger partial charge in [0, 0.05) is 18.4 Å². The molecule has 2 rings (SSSR count). The van der Waals surface area contributed by atoms with Crippen molar-refractivity contribution in [3.63, 3.8) is 0 Å². The fraction of sp³-hybridized carbons (Fsp3) is 0.500. The topological polar surface area (TPSA) is 58.2 Å². The zero-order chi connectivity index (χ0) is 17.0. The van der Waals surface area contributed by atoms with Gasteiger partial charge in [0.15, 0.2) is 0 Å². The number of hydrogen-bond acceptors (Lipinski definition) is 2. The lowest BCUT2D eigenvalue weighted by Gasteiger charge is -2.12. The third-order valence-electron chi connectivity index (χ3n) is 3.73. The Morgan fingerprint density at radius 2 is 1.91 bits per heavy atom. The van der Waals surface area contributed by atoms with Crippen molar-refractivity contribution in [2.45, 2.75) is 44.3 Å². The highest BCUT2D eigenvalue weighted by molar-refractivity contribution is 5.85. The fourth-order valence-corrected chi connectivity index (χ4v) is 2.53. The quantitative estimate of drug-likeness (QED) is 0.843. The second kappa shape index (κ2) is 7.02. The number of benzene rings is 1. The van der Waals surface area contributed by atoms with Crippen LogP contribution in [0.2, 0.25) is 0 Å². The summed E-state index contributed by atoms with van der Waals surface area (Å²) >= 11 is 0. The van der Waals surface area contributed by atoms with Crippen LogP contribution in [0.1, 0.15) is 43.2 Å². The smallest absolute Gasteiger partial charge is 0.351 e. The maximum absolute atomic E-state index is 13.0. The number of carbonyl (C=O) groups excluding carboxylic acids is 2. The van der Waals surface area contributed by atoms with Crippen molar-refractivity contribution in [2.75, 3.05) is 6.54 Å². The van der Waals surface area contributed by atoms with Crippen molar-refractivity contribution in [1.29, 1.82) is 0 Å². The molecule has 1 aromatic carbocycles. The predicted octanol–water partition coefficient (Wildman–Crippen LogP) is 2.59. The summed E-state index contributed by atoms with van der Waals surface area (Å²) < 4.78 is 38.9. The number of nitrogens with one attached hydrogen (secondary N) is 2. The van der Waals surface area contributed by atoms with Gasteiger partial charge in [0.25, 0.3) is 0 Å². The summed E-state index contributed by atoms with van der Waals surface area (Å²) in [6.07, 6.45) is -2.89. The van der Waals surface area contributed by atoms with E-state index in [1.807, 2.05) is 6.92 Å². The van der Waals surface area contributed by atoms with E-state index in [0.717, 1.165) is 6.07 Å². The highest BCUT2D eigenvalue weighted by Crippen LogP contribution is 2.46. The number of amides is 2. The van der Waals surface area contributed by atoms with Crippen molar-refractivity contribution in [2.24, 2.45) is 0 Å². The maximum Gasteiger partial charge on any atom is 0.416 e. The molecule has 2 N–H and O–H groups in total. The molecule has 2 amide bonds. The molecule has 4 nitrogen and oxygen atoms in total. The number of halogens is 3. The van der Waals surface area contributed by atoms with E-state index in [1.165, 1.54) is 12.1 Å². The van der Waals surface area contributed by atoms with Crippen LogP contribution in [0.5, 0.6) is 0 Å². The molecule has 0 aliphatic heterocycles. The predicted molar refractivity (Wildman–Crippen MR) is 78.7 cm³/mol. The van der Waals surface area contributed by atoms with Crippen LogP contribution in [0.25, 0.3) is 0 Å². The zero-order valence-electron chi connectivity index (χ0n) is 12.7. The Labute approximate surface area is 132 Å². The normalized spacial score (nSPS) is 20.0. The molecule has 0 bridgehead atoms. The monoisotopic (exact) mass is 328 g/mol. The molecule has 1 aliphatic carbocycles. The molecule has 1 saturated carbocycles. The van der Waals surface area contributed by atoms with E-state index in [1.54, 1.807) is 6.07 Å². The van der Waals surface area contributed by atoms with Crippen molar-refractivity contribution in [3.8, 4) is 0 Å². The Kier molecular flexibility index (Phi) is 5.28. The molecule has 0 saturated heterocycles. The van der Waals surface area contributed by atoms with Gasteiger partial charge in [-0.15, -0.1) is 0 Å². The summed E-state index contributed by atoms with van der Waals surface area (Å²) in [6.45, 7) is 1.70. The summed E-state index contributed by atoms with van der Waals surface area (Å²) in [5.74, 6) is -0.924. The molecule has 0 spiro atoms. The first-order valence-electron chi connectivity index (χ1n) is 7.55. The van der Waals surface area contributed by atoms with Gasteiger partial charge in [-0.25, -0.2) is 0 Å². The molecule has 1 aromatic rings. The molecule has 0 aromatic heterocycles. The van der Waals surface area contributed by atoms with Crippen molar-refractivity contribution < 1.29 is 22.8 Å². The number of hydrogen-bond donors (Lipinski definition) is 2. The van der Waals surface area contributed by atoms with Crippen LogP contribution in [0, 0.1) is 0 Å². The zero-order valence-corrected chi connectivity index (χ0v) is 12.7. The fourth-order valence-electron chi connectivity index (χ4n) is 2.53. The summed E-state index contributed by atoms with van der Waals surface area (Å²) in [7, 11) is 0. The first kappa shape index (κ1) is 17.3. The van der Waals surface area contributed by atoms with Gasteiger partial charge in [-0.1, -0.05) is 25.1 Å². The average Bonchev–Trinajstić information content (AvgIpc) is 3.23. The van der Waals surface area contributed by atoms with E-state index in [4.69, 9.17) is 0 Å². The lowest BCUT2D eigenvalue weighted by atomic mass is 10.0. The van der Waals surface area contributed by atoms with Crippen LogP contribution < -0.4 is 10.6 Å². The third kappa shape index (κ3) is 4.71. The van der Waals surface area contributed by atoms with Crippen LogP contribution in [-0.2, 0) is 15.8 Å². The third-order valence-corrected chi connectivity index (χ3v) is 3.73. The lowest BCUT2D eigenvalue weighted by molar-refractivity contribution is -0.138. The minimum Gasteiger partial charge on any atom is -0.351 e. The molecule has 0 radical (unpaired) electrons. The van der Waals surface area contributed by atoms with Crippen LogP contribution in [0.4, 0.5) is 13.2 Å². The largest absolute Gasteiger partial charge is 0.416 e. The van der Waals surface area contributed by atoms with Crippen molar-refractivity contribution in [1.82, 2.24) is 10.6 Å². The van der Waals surface area contributed by atoms with E-state index in [9.17, 15) is 22.8 Å². The molecular formula is C16H19F3N2O2. The Hall–Kier alpha value is -2.05. The van der Waals surface area contributed by atoms with E-state index >= 15 is 0 Å².